The fraction of sp³-hybridized carbons (Fsp3) is 0.333. The van der Waals surface area contributed by atoms with Crippen LogP contribution in [0.4, 0.5) is 0 Å². The maximum Gasteiger partial charge on any atom is 0.320 e. The van der Waals surface area contributed by atoms with Gasteiger partial charge in [0.15, 0.2) is 0 Å². The molecule has 120 valence electrons. The van der Waals surface area contributed by atoms with E-state index in [0.29, 0.717) is 13.2 Å². The second-order valence-electron chi connectivity index (χ2n) is 5.75. The van der Waals surface area contributed by atoms with Crippen LogP contribution in [0.1, 0.15) is 24.0 Å². The summed E-state index contributed by atoms with van der Waals surface area (Å²) in [5.74, 6) is 0.0848. The van der Waals surface area contributed by atoms with E-state index in [9.17, 15) is 9.90 Å². The van der Waals surface area contributed by atoms with Gasteiger partial charge in [-0.25, -0.2) is 0 Å². The molecule has 5 heteroatoms. The Morgan fingerprint density at radius 1 is 1.17 bits per heavy atom. The Bertz CT molecular complexity index is 643. The SMILES string of the molecule is O=C(O)[C@@H]1CCCN1Cc1ccc(OCc2ccncc2)cc1. The van der Waals surface area contributed by atoms with Gasteiger partial charge >= 0.3 is 5.97 Å². The highest BCUT2D eigenvalue weighted by Gasteiger charge is 2.30. The summed E-state index contributed by atoms with van der Waals surface area (Å²) in [5.41, 5.74) is 2.18. The lowest BCUT2D eigenvalue weighted by molar-refractivity contribution is -0.142. The van der Waals surface area contributed by atoms with Crippen molar-refractivity contribution in [2.75, 3.05) is 6.54 Å². The largest absolute Gasteiger partial charge is 0.489 e. The number of benzene rings is 1. The zero-order valence-electron chi connectivity index (χ0n) is 12.9. The van der Waals surface area contributed by atoms with Crippen LogP contribution in [0, 0.1) is 0 Å². The number of carbonyl (C=O) groups is 1. The monoisotopic (exact) mass is 312 g/mol. The first-order valence-corrected chi connectivity index (χ1v) is 7.80. The molecule has 0 unspecified atom stereocenters. The minimum atomic E-state index is -0.722. The minimum absolute atomic E-state index is 0.349. The Morgan fingerprint density at radius 3 is 2.61 bits per heavy atom. The predicted octanol–water partition coefficient (Wildman–Crippen LogP) is 2.71. The lowest BCUT2D eigenvalue weighted by atomic mass is 10.2. The third-order valence-electron chi connectivity index (χ3n) is 4.11. The second kappa shape index (κ2) is 7.24. The van der Waals surface area contributed by atoms with Crippen LogP contribution in [0.25, 0.3) is 0 Å². The molecule has 23 heavy (non-hydrogen) atoms. The van der Waals surface area contributed by atoms with Gasteiger partial charge in [-0.3, -0.25) is 14.7 Å². The van der Waals surface area contributed by atoms with Gasteiger partial charge in [-0.1, -0.05) is 12.1 Å². The van der Waals surface area contributed by atoms with Gasteiger partial charge in [0, 0.05) is 18.9 Å². The van der Waals surface area contributed by atoms with Crippen LogP contribution in [0.15, 0.2) is 48.8 Å². The van der Waals surface area contributed by atoms with E-state index < -0.39 is 5.97 Å². The molecule has 0 saturated carbocycles. The molecular formula is C18H20N2O3. The lowest BCUT2D eigenvalue weighted by Crippen LogP contribution is -2.35. The highest BCUT2D eigenvalue weighted by molar-refractivity contribution is 5.73. The van der Waals surface area contributed by atoms with Gasteiger partial charge in [-0.05, 0) is 54.8 Å². The van der Waals surface area contributed by atoms with E-state index in [2.05, 4.69) is 4.98 Å². The number of aliphatic carboxylic acids is 1. The Kier molecular flexibility index (Phi) is 4.88. The number of pyridine rings is 1. The van der Waals surface area contributed by atoms with Gasteiger partial charge in [-0.15, -0.1) is 0 Å². The topological polar surface area (TPSA) is 62.7 Å². The van der Waals surface area contributed by atoms with Gasteiger partial charge < -0.3 is 9.84 Å². The molecule has 0 radical (unpaired) electrons. The molecule has 1 saturated heterocycles. The first-order valence-electron chi connectivity index (χ1n) is 7.80. The van der Waals surface area contributed by atoms with E-state index in [0.717, 1.165) is 36.3 Å². The van der Waals surface area contributed by atoms with Crippen LogP contribution in [-0.4, -0.2) is 33.5 Å². The van der Waals surface area contributed by atoms with Gasteiger partial charge in [0.1, 0.15) is 18.4 Å². The maximum atomic E-state index is 11.2. The smallest absolute Gasteiger partial charge is 0.320 e. The fourth-order valence-corrected chi connectivity index (χ4v) is 2.87. The van der Waals surface area contributed by atoms with Crippen molar-refractivity contribution in [2.45, 2.75) is 32.0 Å². The summed E-state index contributed by atoms with van der Waals surface area (Å²) in [7, 11) is 0. The van der Waals surface area contributed by atoms with Crippen molar-refractivity contribution in [3.05, 3.63) is 59.9 Å². The molecule has 1 atom stereocenters. The first-order chi connectivity index (χ1) is 11.2. The molecule has 1 fully saturated rings. The fourth-order valence-electron chi connectivity index (χ4n) is 2.87. The number of rotatable bonds is 6. The van der Waals surface area contributed by atoms with Crippen LogP contribution in [0.3, 0.4) is 0 Å². The van der Waals surface area contributed by atoms with E-state index in [1.807, 2.05) is 41.3 Å². The van der Waals surface area contributed by atoms with Crippen molar-refractivity contribution in [2.24, 2.45) is 0 Å². The number of hydrogen-bond donors (Lipinski definition) is 1. The number of nitrogens with zero attached hydrogens (tertiary/aromatic N) is 2. The predicted molar refractivity (Wildman–Crippen MR) is 86.1 cm³/mol. The summed E-state index contributed by atoms with van der Waals surface area (Å²) in [4.78, 5) is 17.2. The van der Waals surface area contributed by atoms with Gasteiger partial charge in [0.25, 0.3) is 0 Å². The standard InChI is InChI=1S/C18H20N2O3/c21-18(22)17-2-1-11-20(17)12-14-3-5-16(6-4-14)23-13-15-7-9-19-10-8-15/h3-10,17H,1-2,11-13H2,(H,21,22)/t17-/m0/s1. The molecule has 0 aliphatic carbocycles. The van der Waals surface area contributed by atoms with Gasteiger partial charge in [0.2, 0.25) is 0 Å². The molecule has 1 N–H and O–H groups in total. The number of ether oxygens (including phenoxy) is 1. The van der Waals surface area contributed by atoms with Crippen LogP contribution in [0.2, 0.25) is 0 Å². The van der Waals surface area contributed by atoms with Gasteiger partial charge in [0.05, 0.1) is 0 Å². The molecule has 5 nitrogen and oxygen atoms in total. The number of aromatic nitrogens is 1. The number of carboxylic acids is 1. The molecule has 0 bridgehead atoms. The Hall–Kier alpha value is -2.40. The third-order valence-corrected chi connectivity index (χ3v) is 4.11. The minimum Gasteiger partial charge on any atom is -0.489 e. The zero-order chi connectivity index (χ0) is 16.1. The average molecular weight is 312 g/mol. The van der Waals surface area contributed by atoms with E-state index in [-0.39, 0.29) is 6.04 Å². The van der Waals surface area contributed by atoms with E-state index in [1.54, 1.807) is 12.4 Å². The van der Waals surface area contributed by atoms with Gasteiger partial charge in [-0.2, -0.15) is 0 Å². The molecule has 1 aliphatic rings. The molecule has 2 aromatic rings. The number of hydrogen-bond acceptors (Lipinski definition) is 4. The van der Waals surface area contributed by atoms with Crippen LogP contribution < -0.4 is 4.74 Å². The molecule has 1 aliphatic heterocycles. The number of carboxylic acid groups (broad SMARTS) is 1. The lowest BCUT2D eigenvalue weighted by Gasteiger charge is -2.21. The molecule has 2 heterocycles. The number of likely N-dealkylation sites (tertiary alicyclic amines) is 1. The van der Waals surface area contributed by atoms with Crippen molar-refractivity contribution in [3.8, 4) is 5.75 Å². The van der Waals surface area contributed by atoms with Crippen LogP contribution in [0.5, 0.6) is 5.75 Å². The summed E-state index contributed by atoms with van der Waals surface area (Å²) in [5, 5.41) is 9.22. The van der Waals surface area contributed by atoms with Crippen molar-refractivity contribution in [1.82, 2.24) is 9.88 Å². The average Bonchev–Trinajstić information content (AvgIpc) is 3.04. The van der Waals surface area contributed by atoms with Crippen molar-refractivity contribution in [1.29, 1.82) is 0 Å². The molecule has 1 aromatic carbocycles. The molecule has 0 spiro atoms. The third kappa shape index (κ3) is 4.07. The summed E-state index contributed by atoms with van der Waals surface area (Å²) < 4.78 is 5.74. The summed E-state index contributed by atoms with van der Waals surface area (Å²) >= 11 is 0. The van der Waals surface area contributed by atoms with E-state index >= 15 is 0 Å². The van der Waals surface area contributed by atoms with Crippen molar-refractivity contribution >= 4 is 5.97 Å². The Morgan fingerprint density at radius 2 is 1.91 bits per heavy atom. The highest BCUT2D eigenvalue weighted by Crippen LogP contribution is 2.21. The summed E-state index contributed by atoms with van der Waals surface area (Å²) in [6.07, 6.45) is 5.18. The second-order valence-corrected chi connectivity index (χ2v) is 5.75. The summed E-state index contributed by atoms with van der Waals surface area (Å²) in [6.45, 7) is 2.02. The maximum absolute atomic E-state index is 11.2. The summed E-state index contributed by atoms with van der Waals surface area (Å²) in [6, 6.07) is 11.4. The van der Waals surface area contributed by atoms with Crippen molar-refractivity contribution in [3.63, 3.8) is 0 Å². The highest BCUT2D eigenvalue weighted by atomic mass is 16.5. The van der Waals surface area contributed by atoms with E-state index in [4.69, 9.17) is 4.74 Å². The molecule has 1 aromatic heterocycles. The molecule has 0 amide bonds. The molecular weight excluding hydrogens is 292 g/mol. The molecule has 3 rings (SSSR count). The Labute approximate surface area is 135 Å². The normalized spacial score (nSPS) is 18.0. The quantitative estimate of drug-likeness (QED) is 0.888. The van der Waals surface area contributed by atoms with Crippen molar-refractivity contribution < 1.29 is 14.6 Å². The first kappa shape index (κ1) is 15.5. The Balaban J connectivity index is 1.56. The zero-order valence-corrected chi connectivity index (χ0v) is 12.9. The van der Waals surface area contributed by atoms with Crippen LogP contribution in [-0.2, 0) is 17.9 Å². The van der Waals surface area contributed by atoms with E-state index in [1.165, 1.54) is 0 Å². The van der Waals surface area contributed by atoms with Crippen LogP contribution >= 0.6 is 0 Å².